The van der Waals surface area contributed by atoms with Crippen molar-refractivity contribution in [2.45, 2.75) is 6.42 Å². The lowest BCUT2D eigenvalue weighted by Gasteiger charge is -2.01. The number of carbonyl (C=O) groups is 2. The number of ketones is 2. The minimum absolute atomic E-state index is 0.0140. The second-order valence-corrected chi connectivity index (χ2v) is 3.62. The highest BCUT2D eigenvalue weighted by Gasteiger charge is 2.18. The van der Waals surface area contributed by atoms with Gasteiger partial charge >= 0.3 is 0 Å². The third-order valence-corrected chi connectivity index (χ3v) is 2.35. The average Bonchev–Trinajstić information content (AvgIpc) is 2.85. The van der Waals surface area contributed by atoms with Crippen LogP contribution in [0.3, 0.4) is 0 Å². The molecular weight excluding hydrogens is 242 g/mol. The Bertz CT molecular complexity index is 588. The third-order valence-electron chi connectivity index (χ3n) is 2.35. The zero-order valence-electron chi connectivity index (χ0n) is 9.15. The molecule has 0 amide bonds. The number of furan rings is 1. The fraction of sp³-hybridized carbons (Fsp3) is 0.0769. The molecule has 1 heterocycles. The van der Waals surface area contributed by atoms with E-state index in [2.05, 4.69) is 0 Å². The van der Waals surface area contributed by atoms with Crippen LogP contribution in [0.5, 0.6) is 0 Å². The highest BCUT2D eigenvalue weighted by atomic mass is 19.1. The van der Waals surface area contributed by atoms with Crippen LogP contribution in [0.1, 0.15) is 27.3 Å². The van der Waals surface area contributed by atoms with Gasteiger partial charge in [0.2, 0.25) is 5.78 Å². The van der Waals surface area contributed by atoms with Gasteiger partial charge in [-0.05, 0) is 30.3 Å². The number of carbonyl (C=O) groups excluding carboxylic acids is 2. The maximum Gasteiger partial charge on any atom is 0.205 e. The van der Waals surface area contributed by atoms with E-state index in [4.69, 9.17) is 4.42 Å². The number of rotatable bonds is 4. The second kappa shape index (κ2) is 4.91. The summed E-state index contributed by atoms with van der Waals surface area (Å²) in [4.78, 5) is 23.2. The summed E-state index contributed by atoms with van der Waals surface area (Å²) in [5.74, 6) is -2.93. The average molecular weight is 250 g/mol. The summed E-state index contributed by atoms with van der Waals surface area (Å²) < 4.78 is 31.0. The standard InChI is InChI=1S/C13H8F2O3/c14-8-3-4-10(15)9(6-8)11(16)7-12(17)13-2-1-5-18-13/h1-6H,7H2. The molecule has 0 saturated carbocycles. The Hall–Kier alpha value is -2.30. The van der Waals surface area contributed by atoms with Crippen LogP contribution in [0.4, 0.5) is 8.78 Å². The van der Waals surface area contributed by atoms with E-state index in [-0.39, 0.29) is 5.76 Å². The minimum atomic E-state index is -0.853. The van der Waals surface area contributed by atoms with Gasteiger partial charge in [0.15, 0.2) is 11.5 Å². The van der Waals surface area contributed by atoms with E-state index in [9.17, 15) is 18.4 Å². The van der Waals surface area contributed by atoms with Gasteiger partial charge in [0.1, 0.15) is 11.6 Å². The first-order chi connectivity index (χ1) is 8.58. The van der Waals surface area contributed by atoms with Crippen molar-refractivity contribution >= 4 is 11.6 Å². The normalized spacial score (nSPS) is 10.3. The van der Waals surface area contributed by atoms with E-state index in [1.165, 1.54) is 18.4 Å². The molecule has 0 spiro atoms. The van der Waals surface area contributed by atoms with Gasteiger partial charge in [0.25, 0.3) is 0 Å². The van der Waals surface area contributed by atoms with Crippen LogP contribution in [0.2, 0.25) is 0 Å². The molecule has 0 unspecified atom stereocenters. The van der Waals surface area contributed by atoms with Crippen LogP contribution >= 0.6 is 0 Å². The van der Waals surface area contributed by atoms with Crippen molar-refractivity contribution in [1.29, 1.82) is 0 Å². The molecule has 0 aliphatic carbocycles. The van der Waals surface area contributed by atoms with E-state index >= 15 is 0 Å². The van der Waals surface area contributed by atoms with Gasteiger partial charge in [-0.25, -0.2) is 8.78 Å². The molecule has 0 bridgehead atoms. The van der Waals surface area contributed by atoms with Gasteiger partial charge in [0, 0.05) is 0 Å². The zero-order chi connectivity index (χ0) is 13.1. The summed E-state index contributed by atoms with van der Waals surface area (Å²) in [5.41, 5.74) is -0.435. The molecule has 0 N–H and O–H groups in total. The third kappa shape index (κ3) is 2.51. The molecule has 0 aliphatic heterocycles. The van der Waals surface area contributed by atoms with Crippen LogP contribution in [0.15, 0.2) is 41.0 Å². The number of hydrogen-bond acceptors (Lipinski definition) is 3. The molecule has 1 aromatic heterocycles. The topological polar surface area (TPSA) is 47.3 Å². The Kier molecular flexibility index (Phi) is 3.32. The van der Waals surface area contributed by atoms with Crippen molar-refractivity contribution in [3.05, 3.63) is 59.6 Å². The SMILES string of the molecule is O=C(CC(=O)c1cc(F)ccc1F)c1ccco1. The maximum atomic E-state index is 13.3. The van der Waals surface area contributed by atoms with Crippen molar-refractivity contribution in [3.63, 3.8) is 0 Å². The van der Waals surface area contributed by atoms with E-state index in [1.807, 2.05) is 0 Å². The number of hydrogen-bond donors (Lipinski definition) is 0. The first kappa shape index (κ1) is 12.2. The predicted octanol–water partition coefficient (Wildman–Crippen LogP) is 3.01. The molecule has 2 aromatic rings. The van der Waals surface area contributed by atoms with Crippen LogP contribution < -0.4 is 0 Å². The lowest BCUT2D eigenvalue weighted by atomic mass is 10.0. The summed E-state index contributed by atoms with van der Waals surface area (Å²) in [6.45, 7) is 0. The van der Waals surface area contributed by atoms with Gasteiger partial charge in [-0.3, -0.25) is 9.59 Å². The summed E-state index contributed by atoms with van der Waals surface area (Å²) in [6, 6.07) is 5.42. The van der Waals surface area contributed by atoms with Crippen LogP contribution in [-0.2, 0) is 0 Å². The van der Waals surface area contributed by atoms with Gasteiger partial charge in [0.05, 0.1) is 18.2 Å². The minimum Gasteiger partial charge on any atom is -0.461 e. The van der Waals surface area contributed by atoms with Crippen molar-refractivity contribution in [1.82, 2.24) is 0 Å². The molecule has 92 valence electrons. The van der Waals surface area contributed by atoms with Crippen LogP contribution in [0.25, 0.3) is 0 Å². The number of Topliss-reactive ketones (excluding diaryl/α,β-unsaturated/α-hetero) is 2. The molecule has 0 aliphatic rings. The zero-order valence-corrected chi connectivity index (χ0v) is 9.15. The van der Waals surface area contributed by atoms with Gasteiger partial charge in [-0.1, -0.05) is 0 Å². The molecule has 18 heavy (non-hydrogen) atoms. The smallest absolute Gasteiger partial charge is 0.205 e. The quantitative estimate of drug-likeness (QED) is 0.619. The highest BCUT2D eigenvalue weighted by molar-refractivity contribution is 6.12. The molecule has 5 heteroatoms. The largest absolute Gasteiger partial charge is 0.461 e. The van der Waals surface area contributed by atoms with E-state index in [1.54, 1.807) is 0 Å². The van der Waals surface area contributed by atoms with Crippen molar-refractivity contribution < 1.29 is 22.8 Å². The Morgan fingerprint density at radius 1 is 1.11 bits per heavy atom. The van der Waals surface area contributed by atoms with E-state index in [0.29, 0.717) is 0 Å². The fourth-order valence-corrected chi connectivity index (χ4v) is 1.48. The molecule has 0 fully saturated rings. The van der Waals surface area contributed by atoms with Crippen LogP contribution in [0, 0.1) is 11.6 Å². The van der Waals surface area contributed by atoms with Crippen molar-refractivity contribution in [2.24, 2.45) is 0 Å². The summed E-state index contributed by atoms with van der Waals surface area (Å²) >= 11 is 0. The number of benzene rings is 1. The molecular formula is C13H8F2O3. The maximum absolute atomic E-state index is 13.3. The molecule has 2 rings (SSSR count). The summed E-state index contributed by atoms with van der Waals surface area (Å²) in [5, 5.41) is 0. The van der Waals surface area contributed by atoms with Crippen LogP contribution in [-0.4, -0.2) is 11.6 Å². The lowest BCUT2D eigenvalue weighted by molar-refractivity contribution is 0.0876. The summed E-state index contributed by atoms with van der Waals surface area (Å²) in [6.07, 6.45) is 0.731. The number of halogens is 2. The second-order valence-electron chi connectivity index (χ2n) is 3.62. The fourth-order valence-electron chi connectivity index (χ4n) is 1.48. The monoisotopic (exact) mass is 250 g/mol. The first-order valence-corrected chi connectivity index (χ1v) is 5.13. The highest BCUT2D eigenvalue weighted by Crippen LogP contribution is 2.14. The predicted molar refractivity (Wildman–Crippen MR) is 58.3 cm³/mol. The molecule has 0 saturated heterocycles. The van der Waals surface area contributed by atoms with Gasteiger partial charge < -0.3 is 4.42 Å². The Morgan fingerprint density at radius 3 is 2.56 bits per heavy atom. The lowest BCUT2D eigenvalue weighted by Crippen LogP contribution is -2.10. The molecule has 1 aromatic carbocycles. The summed E-state index contributed by atoms with van der Waals surface area (Å²) in [7, 11) is 0. The van der Waals surface area contributed by atoms with Gasteiger partial charge in [-0.2, -0.15) is 0 Å². The Morgan fingerprint density at radius 2 is 1.89 bits per heavy atom. The Balaban J connectivity index is 2.17. The van der Waals surface area contributed by atoms with E-state index < -0.39 is 35.2 Å². The molecule has 0 atom stereocenters. The molecule has 0 radical (unpaired) electrons. The molecule has 3 nitrogen and oxygen atoms in total. The first-order valence-electron chi connectivity index (χ1n) is 5.13. The van der Waals surface area contributed by atoms with Crippen molar-refractivity contribution in [3.8, 4) is 0 Å². The van der Waals surface area contributed by atoms with Gasteiger partial charge in [-0.15, -0.1) is 0 Å². The van der Waals surface area contributed by atoms with Crippen molar-refractivity contribution in [2.75, 3.05) is 0 Å². The van der Waals surface area contributed by atoms with E-state index in [0.717, 1.165) is 18.2 Å². The Labute approximate surface area is 101 Å².